The van der Waals surface area contributed by atoms with E-state index < -0.39 is 4.92 Å². The molecule has 0 aliphatic rings. The maximum absolute atomic E-state index is 10.7. The molecule has 5 nitrogen and oxygen atoms in total. The van der Waals surface area contributed by atoms with Gasteiger partial charge in [0.2, 0.25) is 0 Å². The minimum atomic E-state index is -0.441. The number of nitro benzene ring substituents is 1. The number of nitrogens with zero attached hydrogens (tertiary/aromatic N) is 1. The van der Waals surface area contributed by atoms with Gasteiger partial charge in [-0.3, -0.25) is 10.1 Å². The van der Waals surface area contributed by atoms with Crippen molar-refractivity contribution in [1.82, 2.24) is 0 Å². The summed E-state index contributed by atoms with van der Waals surface area (Å²) >= 11 is 3.17. The smallest absolute Gasteiger partial charge is 0.283 e. The van der Waals surface area contributed by atoms with Gasteiger partial charge in [0.15, 0.2) is 0 Å². The van der Waals surface area contributed by atoms with Crippen LogP contribution in [0, 0.1) is 10.1 Å². The first-order valence-corrected chi connectivity index (χ1v) is 6.08. The zero-order chi connectivity index (χ0) is 13.3. The van der Waals surface area contributed by atoms with E-state index in [1.165, 1.54) is 6.07 Å². The second kappa shape index (κ2) is 4.91. The van der Waals surface area contributed by atoms with Crippen LogP contribution in [0.1, 0.15) is 18.7 Å². The largest absolute Gasteiger partial charge is 0.459 e. The molecule has 94 valence electrons. The Balaban J connectivity index is 2.39. The van der Waals surface area contributed by atoms with E-state index in [0.717, 1.165) is 5.56 Å². The first kappa shape index (κ1) is 12.8. The molecule has 2 rings (SSSR count). The minimum Gasteiger partial charge on any atom is -0.459 e. The van der Waals surface area contributed by atoms with Crippen LogP contribution < -0.4 is 5.73 Å². The summed E-state index contributed by atoms with van der Waals surface area (Å²) in [6, 6.07) is 8.16. The number of rotatable bonds is 3. The second-order valence-electron chi connectivity index (χ2n) is 3.91. The number of hydrogen-bond acceptors (Lipinski definition) is 4. The van der Waals surface area contributed by atoms with Crippen molar-refractivity contribution in [3.63, 3.8) is 0 Å². The summed E-state index contributed by atoms with van der Waals surface area (Å²) in [5, 5.41) is 10.7. The fraction of sp³-hybridized carbons (Fsp3) is 0.167. The van der Waals surface area contributed by atoms with E-state index in [0.29, 0.717) is 16.0 Å². The molecule has 18 heavy (non-hydrogen) atoms. The highest BCUT2D eigenvalue weighted by molar-refractivity contribution is 9.10. The van der Waals surface area contributed by atoms with Crippen molar-refractivity contribution in [3.05, 3.63) is 50.7 Å². The summed E-state index contributed by atoms with van der Waals surface area (Å²) in [5.74, 6) is 1.32. The van der Waals surface area contributed by atoms with E-state index in [4.69, 9.17) is 10.2 Å². The zero-order valence-corrected chi connectivity index (χ0v) is 11.2. The van der Waals surface area contributed by atoms with E-state index in [2.05, 4.69) is 15.9 Å². The summed E-state index contributed by atoms with van der Waals surface area (Å²) in [4.78, 5) is 10.3. The van der Waals surface area contributed by atoms with Gasteiger partial charge in [-0.1, -0.05) is 0 Å². The van der Waals surface area contributed by atoms with Crippen LogP contribution in [0.5, 0.6) is 0 Å². The fourth-order valence-corrected chi connectivity index (χ4v) is 2.08. The van der Waals surface area contributed by atoms with Crippen molar-refractivity contribution in [1.29, 1.82) is 0 Å². The van der Waals surface area contributed by atoms with Gasteiger partial charge in [-0.25, -0.2) is 0 Å². The number of halogens is 1. The first-order chi connectivity index (χ1) is 8.49. The van der Waals surface area contributed by atoms with Crippen molar-refractivity contribution < 1.29 is 9.34 Å². The topological polar surface area (TPSA) is 82.3 Å². The van der Waals surface area contributed by atoms with Gasteiger partial charge in [0.05, 0.1) is 15.4 Å². The van der Waals surface area contributed by atoms with Gasteiger partial charge in [-0.05, 0) is 47.1 Å². The number of nitro groups is 1. The Labute approximate surface area is 112 Å². The highest BCUT2D eigenvalue weighted by Crippen LogP contribution is 2.31. The van der Waals surface area contributed by atoms with E-state index in [1.54, 1.807) is 24.3 Å². The summed E-state index contributed by atoms with van der Waals surface area (Å²) in [7, 11) is 0. The van der Waals surface area contributed by atoms with Gasteiger partial charge >= 0.3 is 0 Å². The third-order valence-corrected chi connectivity index (χ3v) is 3.14. The third kappa shape index (κ3) is 2.44. The van der Waals surface area contributed by atoms with Crippen LogP contribution >= 0.6 is 15.9 Å². The molecule has 1 aromatic carbocycles. The Hall–Kier alpha value is -1.66. The molecule has 0 saturated carbocycles. The lowest BCUT2D eigenvalue weighted by atomic mass is 10.1. The normalized spacial score (nSPS) is 12.4. The number of furan rings is 1. The maximum atomic E-state index is 10.7. The van der Waals surface area contributed by atoms with E-state index >= 15 is 0 Å². The summed E-state index contributed by atoms with van der Waals surface area (Å²) in [5.41, 5.74) is 6.50. The van der Waals surface area contributed by atoms with Crippen molar-refractivity contribution in [2.75, 3.05) is 0 Å². The Kier molecular flexibility index (Phi) is 3.49. The predicted octanol–water partition coefficient (Wildman–Crippen LogP) is 3.64. The molecule has 0 fully saturated rings. The second-order valence-corrected chi connectivity index (χ2v) is 4.77. The summed E-state index contributed by atoms with van der Waals surface area (Å²) in [6.07, 6.45) is 0. The predicted molar refractivity (Wildman–Crippen MR) is 71.1 cm³/mol. The molecule has 0 amide bonds. The number of nitrogens with two attached hydrogens (primary N) is 1. The highest BCUT2D eigenvalue weighted by Gasteiger charge is 2.14. The average Bonchev–Trinajstić information content (AvgIpc) is 2.77. The van der Waals surface area contributed by atoms with E-state index in [-0.39, 0.29) is 11.7 Å². The molecule has 6 heteroatoms. The van der Waals surface area contributed by atoms with Crippen LogP contribution in [0.2, 0.25) is 0 Å². The monoisotopic (exact) mass is 310 g/mol. The van der Waals surface area contributed by atoms with Crippen LogP contribution in [0.25, 0.3) is 11.3 Å². The van der Waals surface area contributed by atoms with E-state index in [9.17, 15) is 10.1 Å². The lowest BCUT2D eigenvalue weighted by molar-refractivity contribution is -0.385. The van der Waals surface area contributed by atoms with Crippen molar-refractivity contribution in [2.24, 2.45) is 5.73 Å². The Morgan fingerprint density at radius 1 is 1.39 bits per heavy atom. The van der Waals surface area contributed by atoms with Gasteiger partial charge in [0, 0.05) is 11.6 Å². The molecule has 0 radical (unpaired) electrons. The van der Waals surface area contributed by atoms with Crippen LogP contribution in [-0.4, -0.2) is 4.92 Å². The highest BCUT2D eigenvalue weighted by atomic mass is 79.9. The van der Waals surface area contributed by atoms with Crippen LogP contribution in [-0.2, 0) is 0 Å². The fourth-order valence-electron chi connectivity index (χ4n) is 1.56. The lowest BCUT2D eigenvalue weighted by Crippen LogP contribution is -2.02. The molecule has 0 saturated heterocycles. The maximum Gasteiger partial charge on any atom is 0.283 e. The quantitative estimate of drug-likeness (QED) is 0.693. The number of benzene rings is 1. The Morgan fingerprint density at radius 2 is 2.11 bits per heavy atom. The van der Waals surface area contributed by atoms with Crippen LogP contribution in [0.3, 0.4) is 0 Å². The summed E-state index contributed by atoms with van der Waals surface area (Å²) in [6.45, 7) is 1.83. The van der Waals surface area contributed by atoms with Gasteiger partial charge in [-0.2, -0.15) is 0 Å². The lowest BCUT2D eigenvalue weighted by Gasteiger charge is -2.01. The van der Waals surface area contributed by atoms with Crippen molar-refractivity contribution in [3.8, 4) is 11.3 Å². The van der Waals surface area contributed by atoms with Crippen LogP contribution in [0.15, 0.2) is 39.2 Å². The van der Waals surface area contributed by atoms with Gasteiger partial charge in [-0.15, -0.1) is 0 Å². The first-order valence-electron chi connectivity index (χ1n) is 5.28. The molecule has 0 bridgehead atoms. The molecule has 2 aromatic rings. The average molecular weight is 311 g/mol. The molecule has 0 spiro atoms. The molecule has 1 aromatic heterocycles. The number of hydrogen-bond donors (Lipinski definition) is 1. The molecular weight excluding hydrogens is 300 g/mol. The SMILES string of the molecule is CC(N)c1ccc(-c2ccc([N+](=O)[O-])c(Br)c2)o1. The van der Waals surface area contributed by atoms with Gasteiger partial charge in [0.25, 0.3) is 5.69 Å². The standard InChI is InChI=1S/C12H11BrN2O3/c1-7(14)11-4-5-12(18-11)8-2-3-10(15(16)17)9(13)6-8/h2-7H,14H2,1H3. The van der Waals surface area contributed by atoms with E-state index in [1.807, 2.05) is 6.92 Å². The third-order valence-electron chi connectivity index (χ3n) is 2.50. The molecule has 1 atom stereocenters. The van der Waals surface area contributed by atoms with Crippen LogP contribution in [0.4, 0.5) is 5.69 Å². The van der Waals surface area contributed by atoms with Crippen molar-refractivity contribution >= 4 is 21.6 Å². The Bertz CT molecular complexity index is 593. The minimum absolute atomic E-state index is 0.0257. The molecule has 0 aliphatic heterocycles. The molecule has 2 N–H and O–H groups in total. The van der Waals surface area contributed by atoms with Gasteiger partial charge < -0.3 is 10.2 Å². The Morgan fingerprint density at radius 3 is 2.61 bits per heavy atom. The summed E-state index contributed by atoms with van der Waals surface area (Å²) < 4.78 is 5.99. The molecule has 1 unspecified atom stereocenters. The molecular formula is C12H11BrN2O3. The zero-order valence-electron chi connectivity index (χ0n) is 9.59. The van der Waals surface area contributed by atoms with Crippen molar-refractivity contribution in [2.45, 2.75) is 13.0 Å². The van der Waals surface area contributed by atoms with Gasteiger partial charge in [0.1, 0.15) is 11.5 Å². The molecule has 0 aliphatic carbocycles. The molecule has 1 heterocycles.